The van der Waals surface area contributed by atoms with E-state index in [-0.39, 0.29) is 11.3 Å². The maximum absolute atomic E-state index is 13.1. The van der Waals surface area contributed by atoms with Gasteiger partial charge in [-0.1, -0.05) is 19.8 Å². The Morgan fingerprint density at radius 1 is 1.06 bits per heavy atom. The number of carbonyl (C=O) groups is 2. The first-order valence-corrected chi connectivity index (χ1v) is 11.2. The zero-order valence-electron chi connectivity index (χ0n) is 19.1. The number of Topliss-reactive ketones (excluding diaryl/α,β-unsaturated/α-hetero) is 1. The van der Waals surface area contributed by atoms with Gasteiger partial charge in [-0.05, 0) is 51.5 Å². The van der Waals surface area contributed by atoms with Crippen LogP contribution in [0.15, 0.2) is 40.3 Å². The molecule has 2 aromatic rings. The number of benzene rings is 1. The molecule has 1 saturated heterocycles. The van der Waals surface area contributed by atoms with Crippen LogP contribution in [-0.4, -0.2) is 41.5 Å². The number of aliphatic hydroxyl groups excluding tert-OH is 1. The Kier molecular flexibility index (Phi) is 7.62. The van der Waals surface area contributed by atoms with E-state index in [1.807, 2.05) is 13.8 Å². The van der Waals surface area contributed by atoms with Gasteiger partial charge in [0.25, 0.3) is 11.7 Å². The van der Waals surface area contributed by atoms with Gasteiger partial charge in [0.1, 0.15) is 34.8 Å². The third-order valence-corrected chi connectivity index (χ3v) is 5.39. The maximum Gasteiger partial charge on any atom is 0.295 e. The number of ketones is 1. The van der Waals surface area contributed by atoms with Gasteiger partial charge in [-0.2, -0.15) is 0 Å². The summed E-state index contributed by atoms with van der Waals surface area (Å²) in [6, 6.07) is 7.75. The summed E-state index contributed by atoms with van der Waals surface area (Å²) in [5, 5.41) is 11.3. The Hall–Kier alpha value is -3.22. The average molecular weight is 442 g/mol. The number of hydrogen-bond acceptors (Lipinski definition) is 6. The molecule has 0 radical (unpaired) electrons. The molecular weight excluding hydrogens is 410 g/mol. The van der Waals surface area contributed by atoms with Crippen molar-refractivity contribution in [3.05, 3.63) is 53.0 Å². The van der Waals surface area contributed by atoms with Crippen molar-refractivity contribution in [2.75, 3.05) is 19.8 Å². The number of likely N-dealkylation sites (tertiary alicyclic amines) is 1. The van der Waals surface area contributed by atoms with Crippen molar-refractivity contribution in [1.82, 2.24) is 4.90 Å². The number of unbranched alkanes of at least 4 members (excludes halogenated alkanes) is 2. The van der Waals surface area contributed by atoms with Gasteiger partial charge in [0.15, 0.2) is 0 Å². The van der Waals surface area contributed by atoms with Crippen LogP contribution in [0.1, 0.15) is 63.2 Å². The summed E-state index contributed by atoms with van der Waals surface area (Å²) in [5.41, 5.74) is 0.334. The normalized spacial score (nSPS) is 17.8. The smallest absolute Gasteiger partial charge is 0.295 e. The molecule has 1 aromatic carbocycles. The van der Waals surface area contributed by atoms with Crippen molar-refractivity contribution in [3.63, 3.8) is 0 Å². The molecule has 1 aliphatic rings. The molecule has 32 heavy (non-hydrogen) atoms. The van der Waals surface area contributed by atoms with Crippen molar-refractivity contribution in [2.24, 2.45) is 0 Å². The summed E-state index contributed by atoms with van der Waals surface area (Å²) >= 11 is 0. The SMILES string of the molecule is CCCCCN1C(=O)C(=O)/C(=C(\O)c2ccc(OCC)cc2OCC)C1c1ccc(C)o1. The number of nitrogens with zero attached hydrogens (tertiary/aromatic N) is 1. The molecule has 1 unspecified atom stereocenters. The number of ether oxygens (including phenoxy) is 2. The summed E-state index contributed by atoms with van der Waals surface area (Å²) in [6.45, 7) is 8.82. The molecule has 1 N–H and O–H groups in total. The number of aliphatic hydroxyl groups is 1. The molecule has 3 rings (SSSR count). The van der Waals surface area contributed by atoms with Crippen molar-refractivity contribution in [1.29, 1.82) is 0 Å². The quantitative estimate of drug-likeness (QED) is 0.242. The first kappa shape index (κ1) is 23.4. The van der Waals surface area contributed by atoms with E-state index in [4.69, 9.17) is 13.9 Å². The summed E-state index contributed by atoms with van der Waals surface area (Å²) in [4.78, 5) is 27.5. The van der Waals surface area contributed by atoms with E-state index in [0.29, 0.717) is 48.3 Å². The molecular formula is C25H31NO6. The number of amides is 1. The molecule has 0 spiro atoms. The predicted octanol–water partition coefficient (Wildman–Crippen LogP) is 5.00. The predicted molar refractivity (Wildman–Crippen MR) is 121 cm³/mol. The van der Waals surface area contributed by atoms with Crippen LogP contribution >= 0.6 is 0 Å². The molecule has 2 heterocycles. The molecule has 7 nitrogen and oxygen atoms in total. The number of carbonyl (C=O) groups excluding carboxylic acids is 2. The molecule has 0 saturated carbocycles. The Morgan fingerprint density at radius 2 is 1.81 bits per heavy atom. The van der Waals surface area contributed by atoms with Gasteiger partial charge in [0.2, 0.25) is 0 Å². The first-order valence-electron chi connectivity index (χ1n) is 11.2. The molecule has 0 aliphatic carbocycles. The highest BCUT2D eigenvalue weighted by atomic mass is 16.5. The second-order valence-electron chi connectivity index (χ2n) is 7.67. The Labute approximate surface area is 188 Å². The van der Waals surface area contributed by atoms with Gasteiger partial charge in [-0.3, -0.25) is 9.59 Å². The van der Waals surface area contributed by atoms with E-state index in [1.165, 1.54) is 4.90 Å². The average Bonchev–Trinajstić information content (AvgIpc) is 3.30. The van der Waals surface area contributed by atoms with Crippen LogP contribution in [0.4, 0.5) is 0 Å². The van der Waals surface area contributed by atoms with Gasteiger partial charge in [-0.15, -0.1) is 0 Å². The molecule has 1 amide bonds. The minimum Gasteiger partial charge on any atom is -0.507 e. The minimum atomic E-state index is -0.790. The summed E-state index contributed by atoms with van der Waals surface area (Å²) in [6.07, 6.45) is 2.67. The second kappa shape index (κ2) is 10.4. The third-order valence-electron chi connectivity index (χ3n) is 5.39. The van der Waals surface area contributed by atoms with Crippen LogP contribution in [0.2, 0.25) is 0 Å². The molecule has 1 aromatic heterocycles. The lowest BCUT2D eigenvalue weighted by atomic mass is 9.98. The van der Waals surface area contributed by atoms with E-state index >= 15 is 0 Å². The third kappa shape index (κ3) is 4.66. The molecule has 1 aliphatic heterocycles. The largest absolute Gasteiger partial charge is 0.507 e. The Morgan fingerprint density at radius 3 is 2.44 bits per heavy atom. The fraction of sp³-hybridized carbons (Fsp3) is 0.440. The van der Waals surface area contributed by atoms with Gasteiger partial charge in [0.05, 0.1) is 24.4 Å². The second-order valence-corrected chi connectivity index (χ2v) is 7.67. The lowest BCUT2D eigenvalue weighted by molar-refractivity contribution is -0.140. The van der Waals surface area contributed by atoms with E-state index < -0.39 is 17.7 Å². The van der Waals surface area contributed by atoms with Crippen molar-refractivity contribution in [2.45, 2.75) is 53.0 Å². The summed E-state index contributed by atoms with van der Waals surface area (Å²) in [7, 11) is 0. The van der Waals surface area contributed by atoms with Crippen LogP contribution in [-0.2, 0) is 9.59 Å². The number of rotatable bonds is 10. The first-order chi connectivity index (χ1) is 15.4. The summed E-state index contributed by atoms with van der Waals surface area (Å²) < 4.78 is 17.0. The van der Waals surface area contributed by atoms with Gasteiger partial charge < -0.3 is 23.9 Å². The van der Waals surface area contributed by atoms with Crippen LogP contribution < -0.4 is 9.47 Å². The van der Waals surface area contributed by atoms with E-state index in [1.54, 1.807) is 37.3 Å². The Bertz CT molecular complexity index is 1010. The topological polar surface area (TPSA) is 89.2 Å². The summed E-state index contributed by atoms with van der Waals surface area (Å²) in [5.74, 6) is 0.430. The van der Waals surface area contributed by atoms with Crippen LogP contribution in [0.5, 0.6) is 11.5 Å². The van der Waals surface area contributed by atoms with E-state index in [9.17, 15) is 14.7 Å². The molecule has 172 valence electrons. The van der Waals surface area contributed by atoms with Crippen molar-refractivity contribution < 1.29 is 28.6 Å². The van der Waals surface area contributed by atoms with Crippen LogP contribution in [0, 0.1) is 6.92 Å². The monoisotopic (exact) mass is 441 g/mol. The highest BCUT2D eigenvalue weighted by Crippen LogP contribution is 2.42. The standard InChI is InChI=1S/C25H31NO6/c1-5-8-9-14-26-22(19-13-10-16(4)32-19)21(24(28)25(26)29)23(27)18-12-11-17(30-6-2)15-20(18)31-7-3/h10-13,15,22,27H,5-9,14H2,1-4H3/b23-21-. The van der Waals surface area contributed by atoms with Crippen molar-refractivity contribution >= 4 is 17.4 Å². The zero-order valence-corrected chi connectivity index (χ0v) is 19.1. The van der Waals surface area contributed by atoms with E-state index in [0.717, 1.165) is 19.3 Å². The van der Waals surface area contributed by atoms with Crippen LogP contribution in [0.3, 0.4) is 0 Å². The molecule has 0 bridgehead atoms. The van der Waals surface area contributed by atoms with E-state index in [2.05, 4.69) is 6.92 Å². The minimum absolute atomic E-state index is 0.00552. The lowest BCUT2D eigenvalue weighted by Crippen LogP contribution is -2.30. The molecule has 1 fully saturated rings. The highest BCUT2D eigenvalue weighted by molar-refractivity contribution is 6.46. The number of aryl methyl sites for hydroxylation is 1. The lowest BCUT2D eigenvalue weighted by Gasteiger charge is -2.23. The van der Waals surface area contributed by atoms with Gasteiger partial charge >= 0.3 is 0 Å². The number of furan rings is 1. The van der Waals surface area contributed by atoms with Crippen molar-refractivity contribution in [3.8, 4) is 11.5 Å². The van der Waals surface area contributed by atoms with Crippen LogP contribution in [0.25, 0.3) is 5.76 Å². The highest BCUT2D eigenvalue weighted by Gasteiger charge is 2.47. The fourth-order valence-corrected chi connectivity index (χ4v) is 3.91. The number of hydrogen-bond donors (Lipinski definition) is 1. The molecule has 1 atom stereocenters. The Balaban J connectivity index is 2.13. The fourth-order valence-electron chi connectivity index (χ4n) is 3.91. The van der Waals surface area contributed by atoms with Gasteiger partial charge in [-0.25, -0.2) is 0 Å². The maximum atomic E-state index is 13.1. The molecule has 7 heteroatoms. The zero-order chi connectivity index (χ0) is 23.3. The van der Waals surface area contributed by atoms with Gasteiger partial charge in [0, 0.05) is 12.6 Å².